The minimum absolute atomic E-state index is 0. The van der Waals surface area contributed by atoms with Gasteiger partial charge in [0.15, 0.2) is 0 Å². The molecule has 0 spiro atoms. The Morgan fingerprint density at radius 2 is 1.07 bits per heavy atom. The van der Waals surface area contributed by atoms with E-state index in [0.717, 1.165) is 0 Å². The van der Waals surface area contributed by atoms with E-state index in [1.54, 1.807) is 26.4 Å². The second-order valence-corrected chi connectivity index (χ2v) is 8.12. The third-order valence-corrected chi connectivity index (χ3v) is 5.40. The van der Waals surface area contributed by atoms with Gasteiger partial charge in [0, 0.05) is 23.0 Å². The average Bonchev–Trinajstić information content (AvgIpc) is 2.65. The van der Waals surface area contributed by atoms with Gasteiger partial charge < -0.3 is 29.3 Å². The first-order valence-electron chi connectivity index (χ1n) is 8.07. The molecule has 0 aromatic carbocycles. The number of hydrogen-bond acceptors (Lipinski definition) is 12. The normalized spacial score (nSPS) is 14.0. The molecule has 0 aromatic rings. The summed E-state index contributed by atoms with van der Waals surface area (Å²) in [6, 6.07) is 0. The third kappa shape index (κ3) is 16.4. The molecule has 0 radical (unpaired) electrons. The molecule has 29 heavy (non-hydrogen) atoms. The minimum Gasteiger partial charge on any atom is -0.546 e. The molecule has 4 atom stereocenters. The Bertz CT molecular complexity index is 465. The number of thioether (sulfide) groups is 2. The molecule has 164 valence electrons. The van der Waals surface area contributed by atoms with Crippen molar-refractivity contribution in [3.8, 4) is 0 Å². The number of carbonyl (C=O) groups excluding carboxylic acids is 4. The zero-order valence-electron chi connectivity index (χ0n) is 16.8. The maximum absolute atomic E-state index is 11.2. The molecule has 0 aromatic heterocycles. The van der Waals surface area contributed by atoms with Crippen LogP contribution in [0, 0.1) is 11.8 Å². The molecule has 0 aliphatic heterocycles. The first-order chi connectivity index (χ1) is 13.0. The van der Waals surface area contributed by atoms with E-state index in [0.29, 0.717) is 11.5 Å². The van der Waals surface area contributed by atoms with Gasteiger partial charge >= 0.3 is 35.0 Å². The van der Waals surface area contributed by atoms with Crippen LogP contribution in [0.2, 0.25) is 0 Å². The number of hydrogen-bond donors (Lipinski definition) is 2. The van der Waals surface area contributed by atoms with Crippen LogP contribution in [0.15, 0.2) is 0 Å². The van der Waals surface area contributed by atoms with E-state index < -0.39 is 47.9 Å². The second kappa shape index (κ2) is 20.0. The Morgan fingerprint density at radius 1 is 0.793 bits per heavy atom. The van der Waals surface area contributed by atoms with Crippen LogP contribution in [-0.4, -0.2) is 94.7 Å². The first kappa shape index (κ1) is 33.7. The molecule has 0 bridgehead atoms. The number of esters is 2. The predicted molar refractivity (Wildman–Crippen MR) is 118 cm³/mol. The summed E-state index contributed by atoms with van der Waals surface area (Å²) < 4.78 is 9.47. The number of ether oxygens (including phenoxy) is 2. The molecule has 8 nitrogen and oxygen atoms in total. The van der Waals surface area contributed by atoms with Crippen molar-refractivity contribution in [3.05, 3.63) is 0 Å². The molecule has 0 aliphatic rings. The van der Waals surface area contributed by atoms with E-state index >= 15 is 0 Å². The first-order valence-corrected chi connectivity index (χ1v) is 12.1. The van der Waals surface area contributed by atoms with Crippen LogP contribution in [0.5, 0.6) is 0 Å². The van der Waals surface area contributed by atoms with Crippen molar-refractivity contribution in [2.24, 2.45) is 11.8 Å². The van der Waals surface area contributed by atoms with Gasteiger partial charge in [-0.2, -0.15) is 48.8 Å². The summed E-state index contributed by atoms with van der Waals surface area (Å²) in [5, 5.41) is 21.0. The number of aliphatic carboxylic acids is 2. The molecule has 0 aliphatic carbocycles. The summed E-state index contributed by atoms with van der Waals surface area (Å²) in [6.07, 6.45) is 1.12. The van der Waals surface area contributed by atoms with Crippen LogP contribution >= 0.6 is 48.8 Å². The van der Waals surface area contributed by atoms with Crippen molar-refractivity contribution in [2.45, 2.75) is 26.1 Å². The SMILES string of the molecule is CSC[C@H](OC(=O)[C@H](C)CS)C(=O)[O-].CSC[C@H](OC(=O)[C@H](C)CS)C(=O)[O-].[Mg+2]. The topological polar surface area (TPSA) is 133 Å². The van der Waals surface area contributed by atoms with Crippen molar-refractivity contribution < 1.29 is 38.9 Å². The van der Waals surface area contributed by atoms with Crippen molar-refractivity contribution in [2.75, 3.05) is 35.5 Å². The van der Waals surface area contributed by atoms with E-state index in [1.165, 1.54) is 23.5 Å². The Morgan fingerprint density at radius 3 is 1.24 bits per heavy atom. The Labute approximate surface area is 207 Å². The zero-order valence-corrected chi connectivity index (χ0v) is 21.7. The minimum atomic E-state index is -1.36. The van der Waals surface area contributed by atoms with E-state index in [1.807, 2.05) is 0 Å². The van der Waals surface area contributed by atoms with Crippen LogP contribution in [0.25, 0.3) is 0 Å². The fraction of sp³-hybridized carbons (Fsp3) is 0.750. The number of thiol groups is 2. The summed E-state index contributed by atoms with van der Waals surface area (Å²) in [4.78, 5) is 43.4. The molecular formula is C16H26MgO8S4. The molecule has 0 N–H and O–H groups in total. The molecule has 0 rings (SSSR count). The predicted octanol–water partition coefficient (Wildman–Crippen LogP) is -1.23. The van der Waals surface area contributed by atoms with Gasteiger partial charge in [-0.25, -0.2) is 0 Å². The summed E-state index contributed by atoms with van der Waals surface area (Å²) in [5.41, 5.74) is 0. The van der Waals surface area contributed by atoms with Crippen molar-refractivity contribution >= 4 is 95.7 Å². The van der Waals surface area contributed by atoms with E-state index in [9.17, 15) is 29.4 Å². The molecule has 0 fully saturated rings. The number of carboxylic acid groups (broad SMARTS) is 2. The van der Waals surface area contributed by atoms with Crippen LogP contribution in [0.1, 0.15) is 13.8 Å². The number of carboxylic acids is 2. The maximum Gasteiger partial charge on any atom is 2.00 e. The second-order valence-electron chi connectivity index (χ2n) is 5.57. The van der Waals surface area contributed by atoms with Crippen LogP contribution in [0.3, 0.4) is 0 Å². The van der Waals surface area contributed by atoms with E-state index in [4.69, 9.17) is 9.47 Å². The molecule has 13 heteroatoms. The molecule has 0 saturated carbocycles. The van der Waals surface area contributed by atoms with Gasteiger partial charge in [-0.05, 0) is 12.5 Å². The Kier molecular flexibility index (Phi) is 23.2. The van der Waals surface area contributed by atoms with Gasteiger partial charge in [0.2, 0.25) is 0 Å². The zero-order chi connectivity index (χ0) is 22.3. The number of rotatable bonds is 12. The van der Waals surface area contributed by atoms with Gasteiger partial charge in [-0.15, -0.1) is 0 Å². The molecular weight excluding hydrogens is 473 g/mol. The third-order valence-electron chi connectivity index (χ3n) is 3.03. The van der Waals surface area contributed by atoms with Crippen molar-refractivity contribution in [3.63, 3.8) is 0 Å². The van der Waals surface area contributed by atoms with Gasteiger partial charge in [-0.3, -0.25) is 9.59 Å². The smallest absolute Gasteiger partial charge is 0.546 e. The Balaban J connectivity index is -0.000000451. The molecule has 0 heterocycles. The van der Waals surface area contributed by atoms with Gasteiger partial charge in [0.05, 0.1) is 23.8 Å². The van der Waals surface area contributed by atoms with E-state index in [2.05, 4.69) is 25.3 Å². The fourth-order valence-electron chi connectivity index (χ4n) is 1.26. The monoisotopic (exact) mass is 498 g/mol. The summed E-state index contributed by atoms with van der Waals surface area (Å²) in [7, 11) is 0. The Hall–Kier alpha value is 0.0462. The van der Waals surface area contributed by atoms with Gasteiger partial charge in [0.1, 0.15) is 12.2 Å². The average molecular weight is 499 g/mol. The summed E-state index contributed by atoms with van der Waals surface area (Å²) >= 11 is 10.4. The molecule has 0 unspecified atom stereocenters. The number of carbonyl (C=O) groups is 4. The molecule has 0 saturated heterocycles. The van der Waals surface area contributed by atoms with Crippen LogP contribution < -0.4 is 10.2 Å². The summed E-state index contributed by atoms with van der Waals surface area (Å²) in [6.45, 7) is 3.25. The fourth-order valence-corrected chi connectivity index (χ4v) is 2.58. The quantitative estimate of drug-likeness (QED) is 0.191. The largest absolute Gasteiger partial charge is 2.00 e. The standard InChI is InChI=1S/2C8H14O4S2.Mg/c2*1-5(3-13)8(11)12-6(4-14-2)7(9)10;/h2*5-6,13H,3-4H2,1-2H3,(H,9,10);/q;;+2/p-2/t2*5-,6+;/m11./s1. The summed E-state index contributed by atoms with van der Waals surface area (Å²) in [5.74, 6) is -3.56. The maximum atomic E-state index is 11.2. The van der Waals surface area contributed by atoms with E-state index in [-0.39, 0.29) is 34.6 Å². The van der Waals surface area contributed by atoms with Crippen LogP contribution in [0.4, 0.5) is 0 Å². The van der Waals surface area contributed by atoms with Gasteiger partial charge in [0.25, 0.3) is 0 Å². The van der Waals surface area contributed by atoms with Crippen molar-refractivity contribution in [1.29, 1.82) is 0 Å². The van der Waals surface area contributed by atoms with Crippen LogP contribution in [-0.2, 0) is 28.7 Å². The molecule has 0 amide bonds. The van der Waals surface area contributed by atoms with Crippen molar-refractivity contribution in [1.82, 2.24) is 0 Å². The van der Waals surface area contributed by atoms with Gasteiger partial charge in [-0.1, -0.05) is 13.8 Å².